The van der Waals surface area contributed by atoms with Crippen LogP contribution in [0.3, 0.4) is 0 Å². The molecular weight excluding hydrogens is 488 g/mol. The number of carbonyl (C=O) groups is 1. The van der Waals surface area contributed by atoms with Crippen molar-refractivity contribution >= 4 is 21.3 Å². The number of nitrogens with one attached hydrogen (secondary N) is 2. The quantitative estimate of drug-likeness (QED) is 0.404. The van der Waals surface area contributed by atoms with Crippen LogP contribution in [0.5, 0.6) is 11.6 Å². The van der Waals surface area contributed by atoms with E-state index in [1.807, 2.05) is 0 Å². The molecule has 4 rings (SSSR count). The van der Waals surface area contributed by atoms with E-state index in [1.54, 1.807) is 0 Å². The van der Waals surface area contributed by atoms with Gasteiger partial charge in [-0.25, -0.2) is 13.4 Å². The molecule has 0 aliphatic heterocycles. The number of anilines is 1. The zero-order valence-electron chi connectivity index (χ0n) is 18.6. The summed E-state index contributed by atoms with van der Waals surface area (Å²) in [6, 6.07) is 9.23. The van der Waals surface area contributed by atoms with Crippen LogP contribution < -0.4 is 10.1 Å². The molecule has 1 fully saturated rings. The molecule has 0 unspecified atom stereocenters. The van der Waals surface area contributed by atoms with E-state index in [1.165, 1.54) is 49.6 Å². The molecule has 1 aromatic heterocycles. The second kappa shape index (κ2) is 8.91. The second-order valence-corrected chi connectivity index (χ2v) is 10.4. The number of aryl methyl sites for hydroxylation is 1. The number of hydrogen-bond acceptors (Lipinski definition) is 6. The maximum atomic E-state index is 13.8. The van der Waals surface area contributed by atoms with Gasteiger partial charge in [0.1, 0.15) is 17.1 Å². The van der Waals surface area contributed by atoms with Gasteiger partial charge in [-0.3, -0.25) is 4.79 Å². The molecule has 1 aliphatic rings. The Morgan fingerprint density at radius 2 is 1.89 bits per heavy atom. The van der Waals surface area contributed by atoms with Crippen LogP contribution in [0.1, 0.15) is 45.9 Å². The summed E-state index contributed by atoms with van der Waals surface area (Å²) in [7, 11) is -3.10. The van der Waals surface area contributed by atoms with Gasteiger partial charge in [0.15, 0.2) is 5.69 Å². The zero-order valence-corrected chi connectivity index (χ0v) is 19.4. The van der Waals surface area contributed by atoms with Gasteiger partial charge in [0.05, 0.1) is 9.73 Å². The standard InChI is InChI=1S/C23H20F4N4O3S/c1-12-10-14(24)8-9-17(12)34-22-19(18(13-6-7-13)20(30-31-22)23(25,26)27)21(32)29-15-4-3-5-16(11-15)35(2,28)33/h3-5,8-11,13,28H,6-7H2,1-2H3,(H,29,32)/t35-/m0/s1. The van der Waals surface area contributed by atoms with Gasteiger partial charge in [0, 0.05) is 22.4 Å². The Balaban J connectivity index is 1.83. The average molecular weight is 508 g/mol. The summed E-state index contributed by atoms with van der Waals surface area (Å²) in [6.07, 6.45) is -2.80. The number of halogens is 4. The van der Waals surface area contributed by atoms with Gasteiger partial charge in [-0.2, -0.15) is 13.2 Å². The van der Waals surface area contributed by atoms with E-state index in [2.05, 4.69) is 15.5 Å². The number of nitrogens with zero attached hydrogens (tertiary/aromatic N) is 2. The molecule has 2 N–H and O–H groups in total. The number of rotatable bonds is 6. The van der Waals surface area contributed by atoms with Crippen LogP contribution in [0, 0.1) is 17.5 Å². The average Bonchev–Trinajstić information content (AvgIpc) is 3.59. The molecule has 1 aliphatic carbocycles. The summed E-state index contributed by atoms with van der Waals surface area (Å²) in [5.41, 5.74) is -1.56. The number of carbonyl (C=O) groups excluding carboxylic acids is 1. The molecular formula is C23H20F4N4O3S. The highest BCUT2D eigenvalue weighted by atomic mass is 32.2. The van der Waals surface area contributed by atoms with E-state index in [0.717, 1.165) is 6.07 Å². The first kappa shape index (κ1) is 24.6. The van der Waals surface area contributed by atoms with Gasteiger partial charge < -0.3 is 10.1 Å². The van der Waals surface area contributed by atoms with Crippen LogP contribution in [-0.4, -0.2) is 26.6 Å². The summed E-state index contributed by atoms with van der Waals surface area (Å²) in [5, 5.41) is 9.41. The molecule has 12 heteroatoms. The predicted octanol–water partition coefficient (Wildman–Crippen LogP) is 5.90. The third kappa shape index (κ3) is 5.42. The van der Waals surface area contributed by atoms with Gasteiger partial charge in [0.2, 0.25) is 0 Å². The van der Waals surface area contributed by atoms with Crippen molar-refractivity contribution in [2.45, 2.75) is 36.8 Å². The van der Waals surface area contributed by atoms with Crippen LogP contribution >= 0.6 is 0 Å². The Morgan fingerprint density at radius 1 is 1.17 bits per heavy atom. The molecule has 3 aromatic rings. The van der Waals surface area contributed by atoms with Crippen molar-refractivity contribution < 1.29 is 31.3 Å². The number of hydrogen-bond donors (Lipinski definition) is 2. The van der Waals surface area contributed by atoms with Gasteiger partial charge in [-0.1, -0.05) is 6.07 Å². The minimum atomic E-state index is -4.86. The highest BCUT2D eigenvalue weighted by Gasteiger charge is 2.44. The summed E-state index contributed by atoms with van der Waals surface area (Å²) < 4.78 is 80.4. The molecule has 0 saturated heterocycles. The first-order valence-electron chi connectivity index (χ1n) is 10.4. The summed E-state index contributed by atoms with van der Waals surface area (Å²) in [5.74, 6) is -2.40. The highest BCUT2D eigenvalue weighted by Crippen LogP contribution is 2.48. The van der Waals surface area contributed by atoms with E-state index in [0.29, 0.717) is 18.4 Å². The Kier molecular flexibility index (Phi) is 6.26. The number of amides is 1. The topological polar surface area (TPSA) is 105 Å². The fourth-order valence-corrected chi connectivity index (χ4v) is 4.23. The molecule has 0 radical (unpaired) electrons. The zero-order chi connectivity index (χ0) is 25.5. The van der Waals surface area contributed by atoms with Gasteiger partial charge in [-0.15, -0.1) is 10.2 Å². The van der Waals surface area contributed by atoms with Crippen LogP contribution in [0.2, 0.25) is 0 Å². The fraction of sp³-hybridized carbons (Fsp3) is 0.261. The molecule has 35 heavy (non-hydrogen) atoms. The lowest BCUT2D eigenvalue weighted by Gasteiger charge is -2.18. The van der Waals surface area contributed by atoms with Crippen molar-refractivity contribution in [3.05, 3.63) is 70.7 Å². The number of aromatic nitrogens is 2. The third-order valence-corrected chi connectivity index (χ3v) is 6.50. The summed E-state index contributed by atoms with van der Waals surface area (Å²) >= 11 is 0. The molecule has 1 saturated carbocycles. The molecule has 2 aromatic carbocycles. The monoisotopic (exact) mass is 508 g/mol. The number of ether oxygens (including phenoxy) is 1. The maximum Gasteiger partial charge on any atom is 0.435 e. The molecule has 1 heterocycles. The van der Waals surface area contributed by atoms with Crippen molar-refractivity contribution in [3.63, 3.8) is 0 Å². The van der Waals surface area contributed by atoms with E-state index >= 15 is 0 Å². The van der Waals surface area contributed by atoms with Crippen LogP contribution in [0.15, 0.2) is 47.4 Å². The number of benzene rings is 2. The lowest BCUT2D eigenvalue weighted by molar-refractivity contribution is -0.142. The molecule has 0 bridgehead atoms. The van der Waals surface area contributed by atoms with Crippen LogP contribution in [0.4, 0.5) is 23.2 Å². The van der Waals surface area contributed by atoms with Gasteiger partial charge >= 0.3 is 6.18 Å². The molecule has 0 spiro atoms. The first-order valence-corrected chi connectivity index (χ1v) is 12.4. The molecule has 1 amide bonds. The SMILES string of the molecule is Cc1cc(F)ccc1Oc1nnc(C(F)(F)F)c(C2CC2)c1C(=O)Nc1cccc([S@@](C)(=N)=O)c1. The Bertz CT molecular complexity index is 1420. The molecule has 7 nitrogen and oxygen atoms in total. The minimum absolute atomic E-state index is 0.0955. The van der Waals surface area contributed by atoms with Crippen molar-refractivity contribution in [3.8, 4) is 11.6 Å². The maximum absolute atomic E-state index is 13.8. The van der Waals surface area contributed by atoms with Crippen molar-refractivity contribution in [2.24, 2.45) is 0 Å². The lowest BCUT2D eigenvalue weighted by atomic mass is 10.0. The predicted molar refractivity (Wildman–Crippen MR) is 120 cm³/mol. The Labute approximate surface area is 198 Å². The number of alkyl halides is 3. The van der Waals surface area contributed by atoms with Crippen molar-refractivity contribution in [1.29, 1.82) is 4.78 Å². The highest BCUT2D eigenvalue weighted by molar-refractivity contribution is 7.91. The van der Waals surface area contributed by atoms with E-state index in [9.17, 15) is 26.6 Å². The molecule has 184 valence electrons. The van der Waals surface area contributed by atoms with Crippen LogP contribution in [-0.2, 0) is 15.9 Å². The Morgan fingerprint density at radius 3 is 2.49 bits per heavy atom. The smallest absolute Gasteiger partial charge is 0.435 e. The second-order valence-electron chi connectivity index (χ2n) is 8.25. The van der Waals surface area contributed by atoms with Crippen LogP contribution in [0.25, 0.3) is 0 Å². The third-order valence-electron chi connectivity index (χ3n) is 5.35. The largest absolute Gasteiger partial charge is 0.437 e. The first-order chi connectivity index (χ1) is 16.3. The lowest BCUT2D eigenvalue weighted by Crippen LogP contribution is -2.22. The van der Waals surface area contributed by atoms with Crippen molar-refractivity contribution in [2.75, 3.05) is 11.6 Å². The Hall–Kier alpha value is -3.54. The fourth-order valence-electron chi connectivity index (χ4n) is 3.54. The van der Waals surface area contributed by atoms with Gasteiger partial charge in [-0.05, 0) is 67.6 Å². The summed E-state index contributed by atoms with van der Waals surface area (Å²) in [4.78, 5) is 13.5. The normalized spacial score (nSPS) is 15.4. The van der Waals surface area contributed by atoms with E-state index in [-0.39, 0.29) is 21.9 Å². The minimum Gasteiger partial charge on any atom is -0.437 e. The van der Waals surface area contributed by atoms with E-state index in [4.69, 9.17) is 9.52 Å². The van der Waals surface area contributed by atoms with E-state index < -0.39 is 50.7 Å². The molecule has 1 atom stereocenters. The summed E-state index contributed by atoms with van der Waals surface area (Å²) in [6.45, 7) is 1.53. The van der Waals surface area contributed by atoms with Crippen molar-refractivity contribution in [1.82, 2.24) is 10.2 Å². The van der Waals surface area contributed by atoms with Gasteiger partial charge in [0.25, 0.3) is 11.8 Å².